The maximum atomic E-state index is 16.0. The molecule has 0 aliphatic carbocycles. The van der Waals surface area contributed by atoms with Gasteiger partial charge in [0, 0.05) is 72.1 Å². The number of anilines is 2. The summed E-state index contributed by atoms with van der Waals surface area (Å²) in [7, 11) is 0. The fraction of sp³-hybridized carbons (Fsp3) is 0.222. The van der Waals surface area contributed by atoms with Crippen molar-refractivity contribution in [3.63, 3.8) is 0 Å². The van der Waals surface area contributed by atoms with Crippen molar-refractivity contribution >= 4 is 40.6 Å². The second-order valence-corrected chi connectivity index (χ2v) is 15.3. The molecule has 0 spiro atoms. The number of amides is 2. The van der Waals surface area contributed by atoms with Gasteiger partial charge in [0.1, 0.15) is 23.1 Å². The van der Waals surface area contributed by atoms with E-state index >= 15 is 13.6 Å². The number of halogens is 4. The maximum Gasteiger partial charge on any atom is 0.326 e. The van der Waals surface area contributed by atoms with Crippen molar-refractivity contribution in [2.45, 2.75) is 25.3 Å². The number of aromatic nitrogens is 2. The van der Waals surface area contributed by atoms with E-state index in [-0.39, 0.29) is 39.3 Å². The predicted molar refractivity (Wildman–Crippen MR) is 221 cm³/mol. The number of para-hydroxylation sites is 2. The summed E-state index contributed by atoms with van der Waals surface area (Å²) in [5.41, 5.74) is 0.156. The molecule has 6 aromatic rings. The number of benzene rings is 4. The number of ether oxygens (including phenoxy) is 2. The van der Waals surface area contributed by atoms with Crippen LogP contribution in [-0.4, -0.2) is 65.1 Å². The summed E-state index contributed by atoms with van der Waals surface area (Å²) in [5.74, 6) is 0.128. The van der Waals surface area contributed by atoms with Crippen LogP contribution in [-0.2, 0) is 11.4 Å². The Hall–Kier alpha value is -5.91. The molecule has 2 aliphatic rings. The largest absolute Gasteiger partial charge is 0.461 e. The molecule has 2 amide bonds. The van der Waals surface area contributed by atoms with Crippen LogP contribution >= 0.6 is 23.2 Å². The quantitative estimate of drug-likeness (QED) is 0.152. The molecule has 2 saturated heterocycles. The van der Waals surface area contributed by atoms with Gasteiger partial charge in [-0.2, -0.15) is 0 Å². The summed E-state index contributed by atoms with van der Waals surface area (Å²) >= 11 is 12.8. The van der Waals surface area contributed by atoms with Crippen LogP contribution in [0.1, 0.15) is 22.3 Å². The number of urea groups is 1. The summed E-state index contributed by atoms with van der Waals surface area (Å²) in [6, 6.07) is 30.5. The van der Waals surface area contributed by atoms with E-state index in [1.165, 1.54) is 12.1 Å². The smallest absolute Gasteiger partial charge is 0.326 e. The summed E-state index contributed by atoms with van der Waals surface area (Å²) in [6.45, 7) is 4.54. The van der Waals surface area contributed by atoms with Gasteiger partial charge in [0.05, 0.1) is 24.5 Å². The fourth-order valence-corrected chi connectivity index (χ4v) is 8.37. The first kappa shape index (κ1) is 38.9. The van der Waals surface area contributed by atoms with Crippen LogP contribution in [0.15, 0.2) is 134 Å². The Labute approximate surface area is 346 Å². The molecule has 2 aliphatic heterocycles. The molecule has 13 heteroatoms. The van der Waals surface area contributed by atoms with Crippen molar-refractivity contribution in [1.82, 2.24) is 19.8 Å². The number of carbonyl (C=O) groups is 1. The molecule has 2 aromatic heterocycles. The maximum absolute atomic E-state index is 16.0. The molecule has 0 saturated carbocycles. The molecule has 58 heavy (non-hydrogen) atoms. The van der Waals surface area contributed by atoms with Gasteiger partial charge in [-0.25, -0.2) is 13.6 Å². The molecule has 0 radical (unpaired) electrons. The number of aryl methyl sites for hydroxylation is 2. The Morgan fingerprint density at radius 3 is 1.41 bits per heavy atom. The third kappa shape index (κ3) is 7.36. The SMILES string of the molecule is Cc1cc(Cl)ccc1OC1(c2cccnc2)CN(c2ccccc2F)CCN1C(=O)N1CCN(c2ccccc2F)CC1(Oc1ccc(Cl)cc1C)c1cccnc1. The highest BCUT2D eigenvalue weighted by Crippen LogP contribution is 2.44. The minimum atomic E-state index is -1.58. The first-order valence-electron chi connectivity index (χ1n) is 18.9. The fourth-order valence-electron chi connectivity index (χ4n) is 7.92. The second-order valence-electron chi connectivity index (χ2n) is 14.4. The summed E-state index contributed by atoms with van der Waals surface area (Å²) in [4.78, 5) is 32.1. The molecule has 296 valence electrons. The van der Waals surface area contributed by atoms with Gasteiger partial charge in [0.2, 0.25) is 11.4 Å². The van der Waals surface area contributed by atoms with Crippen molar-refractivity contribution in [3.05, 3.63) is 178 Å². The first-order valence-corrected chi connectivity index (χ1v) is 19.6. The van der Waals surface area contributed by atoms with Crippen molar-refractivity contribution < 1.29 is 23.0 Å². The lowest BCUT2D eigenvalue weighted by atomic mass is 9.95. The Bertz CT molecular complexity index is 2270. The number of hydrogen-bond donors (Lipinski definition) is 0. The Balaban J connectivity index is 1.32. The molecule has 0 bridgehead atoms. The molecule has 8 rings (SSSR count). The molecule has 2 unspecified atom stereocenters. The summed E-state index contributed by atoms with van der Waals surface area (Å²) < 4.78 is 45.5. The Morgan fingerprint density at radius 1 is 0.603 bits per heavy atom. The van der Waals surface area contributed by atoms with Gasteiger partial charge in [-0.1, -0.05) is 47.5 Å². The highest BCUT2D eigenvalue weighted by molar-refractivity contribution is 6.31. The zero-order valence-electron chi connectivity index (χ0n) is 31.9. The van der Waals surface area contributed by atoms with Gasteiger partial charge in [0.25, 0.3) is 0 Å². The third-order valence-corrected chi connectivity index (χ3v) is 11.2. The summed E-state index contributed by atoms with van der Waals surface area (Å²) in [5, 5.41) is 1.04. The van der Waals surface area contributed by atoms with Crippen LogP contribution in [0.4, 0.5) is 25.0 Å². The lowest BCUT2D eigenvalue weighted by molar-refractivity contribution is -0.115. The number of pyridine rings is 2. The molecule has 9 nitrogen and oxygen atoms in total. The second kappa shape index (κ2) is 16.2. The monoisotopic (exact) mass is 820 g/mol. The lowest BCUT2D eigenvalue weighted by Crippen LogP contribution is -2.72. The zero-order chi connectivity index (χ0) is 40.4. The van der Waals surface area contributed by atoms with E-state index in [2.05, 4.69) is 9.97 Å². The molecule has 0 N–H and O–H groups in total. The Morgan fingerprint density at radius 2 is 1.03 bits per heavy atom. The van der Waals surface area contributed by atoms with E-state index in [4.69, 9.17) is 32.7 Å². The number of carbonyl (C=O) groups excluding carboxylic acids is 1. The highest BCUT2D eigenvalue weighted by atomic mass is 35.5. The topological polar surface area (TPSA) is 74.3 Å². The molecular formula is C45H40Cl2F2N6O3. The van der Waals surface area contributed by atoms with E-state index < -0.39 is 29.1 Å². The van der Waals surface area contributed by atoms with Crippen LogP contribution in [0.25, 0.3) is 0 Å². The lowest BCUT2D eigenvalue weighted by Gasteiger charge is -2.56. The molecule has 4 heterocycles. The predicted octanol–water partition coefficient (Wildman–Crippen LogP) is 9.61. The van der Waals surface area contributed by atoms with Gasteiger partial charge in [-0.3, -0.25) is 19.8 Å². The van der Waals surface area contributed by atoms with Crippen LogP contribution in [0.2, 0.25) is 10.0 Å². The Kier molecular flexibility index (Phi) is 10.8. The van der Waals surface area contributed by atoms with Crippen LogP contribution < -0.4 is 19.3 Å². The van der Waals surface area contributed by atoms with Gasteiger partial charge < -0.3 is 19.3 Å². The molecule has 4 aromatic carbocycles. The van der Waals surface area contributed by atoms with Gasteiger partial charge in [-0.15, -0.1) is 0 Å². The number of rotatable bonds is 8. The van der Waals surface area contributed by atoms with Gasteiger partial charge >= 0.3 is 6.03 Å². The minimum absolute atomic E-state index is 0.0274. The van der Waals surface area contributed by atoms with Gasteiger partial charge in [0.15, 0.2) is 0 Å². The standard InChI is InChI=1S/C45H40Cl2F2N6O3/c1-31-25-35(46)15-17-41(31)57-44(33-9-7-19-50-27-33)29-52(39-13-5-3-11-37(39)48)21-23-54(44)43(56)55-24-22-53(40-14-6-4-12-38(40)49)30-45(55,34-10-8-20-51-28-34)58-42-18-16-36(47)26-32(42)2/h3-20,25-28H,21-24,29-30H2,1-2H3. The molecule has 2 atom stereocenters. The van der Waals surface area contributed by atoms with Crippen molar-refractivity contribution in [3.8, 4) is 11.5 Å². The zero-order valence-corrected chi connectivity index (χ0v) is 33.4. The van der Waals surface area contributed by atoms with Crippen molar-refractivity contribution in [1.29, 1.82) is 0 Å². The summed E-state index contributed by atoms with van der Waals surface area (Å²) in [6.07, 6.45) is 6.61. The van der Waals surface area contributed by atoms with Crippen LogP contribution in [0, 0.1) is 25.5 Å². The number of piperazine rings is 2. The van der Waals surface area contributed by atoms with Gasteiger partial charge in [-0.05, 0) is 110 Å². The van der Waals surface area contributed by atoms with E-state index in [1.54, 1.807) is 120 Å². The van der Waals surface area contributed by atoms with Crippen LogP contribution in [0.5, 0.6) is 11.5 Å². The number of hydrogen-bond acceptors (Lipinski definition) is 7. The average Bonchev–Trinajstić information content (AvgIpc) is 3.23. The van der Waals surface area contributed by atoms with Crippen LogP contribution in [0.3, 0.4) is 0 Å². The number of nitrogens with zero attached hydrogens (tertiary/aromatic N) is 6. The van der Waals surface area contributed by atoms with Crippen molar-refractivity contribution in [2.75, 3.05) is 49.1 Å². The van der Waals surface area contributed by atoms with E-state index in [1.807, 2.05) is 35.8 Å². The molecule has 2 fully saturated rings. The van der Waals surface area contributed by atoms with Crippen molar-refractivity contribution in [2.24, 2.45) is 0 Å². The average molecular weight is 822 g/mol. The molecular weight excluding hydrogens is 781 g/mol. The minimum Gasteiger partial charge on any atom is -0.461 e. The first-order chi connectivity index (χ1) is 28.1. The normalized spacial score (nSPS) is 19.6. The van der Waals surface area contributed by atoms with E-state index in [9.17, 15) is 0 Å². The highest BCUT2D eigenvalue weighted by Gasteiger charge is 2.56. The van der Waals surface area contributed by atoms with E-state index in [0.29, 0.717) is 44.0 Å². The van der Waals surface area contributed by atoms with E-state index in [0.717, 1.165) is 11.1 Å². The third-order valence-electron chi connectivity index (χ3n) is 10.8.